The molecule has 0 radical (unpaired) electrons. The number of nitrogens with zero attached hydrogens (tertiary/aromatic N) is 4. The van der Waals surface area contributed by atoms with Crippen molar-refractivity contribution >= 4 is 0 Å². The van der Waals surface area contributed by atoms with E-state index >= 15 is 0 Å². The molecule has 0 bridgehead atoms. The second-order valence-corrected chi connectivity index (χ2v) is 5.40. The van der Waals surface area contributed by atoms with Crippen molar-refractivity contribution in [3.8, 4) is 0 Å². The summed E-state index contributed by atoms with van der Waals surface area (Å²) >= 11 is 0. The maximum atomic E-state index is 4.06. The second kappa shape index (κ2) is 6.69. The van der Waals surface area contributed by atoms with Gasteiger partial charge in [-0.15, -0.1) is 5.10 Å². The van der Waals surface area contributed by atoms with Crippen LogP contribution >= 0.6 is 0 Å². The standard InChI is InChI=1S/C12H25N5/c1-5-6-7-8-12(2,3)10-17-11(9-13-4)14-15-16-17/h13H,5-10H2,1-4H3. The fraction of sp³-hybridized carbons (Fsp3) is 0.917. The van der Waals surface area contributed by atoms with Gasteiger partial charge in [-0.3, -0.25) is 0 Å². The van der Waals surface area contributed by atoms with E-state index in [0.717, 1.165) is 18.9 Å². The van der Waals surface area contributed by atoms with Gasteiger partial charge in [0, 0.05) is 6.54 Å². The fourth-order valence-corrected chi connectivity index (χ4v) is 1.97. The molecule has 0 aliphatic rings. The minimum absolute atomic E-state index is 0.257. The number of hydrogen-bond donors (Lipinski definition) is 1. The molecule has 1 N–H and O–H groups in total. The highest BCUT2D eigenvalue weighted by Crippen LogP contribution is 2.25. The molecule has 1 aromatic heterocycles. The van der Waals surface area contributed by atoms with Gasteiger partial charge >= 0.3 is 0 Å². The third-order valence-electron chi connectivity index (χ3n) is 2.98. The normalized spacial score (nSPS) is 12.0. The molecule has 0 aliphatic heterocycles. The average Bonchev–Trinajstić information content (AvgIpc) is 2.66. The Bertz CT molecular complexity index is 318. The predicted octanol–water partition coefficient (Wildman–Crippen LogP) is 2.00. The predicted molar refractivity (Wildman–Crippen MR) is 68.5 cm³/mol. The maximum absolute atomic E-state index is 4.06. The smallest absolute Gasteiger partial charge is 0.165 e. The van der Waals surface area contributed by atoms with Crippen LogP contribution in [0.1, 0.15) is 52.3 Å². The lowest BCUT2D eigenvalue weighted by atomic mass is 9.87. The zero-order valence-corrected chi connectivity index (χ0v) is 11.5. The first kappa shape index (κ1) is 14.1. The monoisotopic (exact) mass is 239 g/mol. The van der Waals surface area contributed by atoms with Gasteiger partial charge in [0.25, 0.3) is 0 Å². The van der Waals surface area contributed by atoms with E-state index < -0.39 is 0 Å². The largest absolute Gasteiger partial charge is 0.313 e. The highest BCUT2D eigenvalue weighted by atomic mass is 15.5. The van der Waals surface area contributed by atoms with Crippen LogP contribution in [0, 0.1) is 5.41 Å². The third kappa shape index (κ3) is 4.81. The lowest BCUT2D eigenvalue weighted by Crippen LogP contribution is -2.23. The topological polar surface area (TPSA) is 55.6 Å². The first-order chi connectivity index (χ1) is 8.09. The number of hydrogen-bond acceptors (Lipinski definition) is 4. The molecule has 17 heavy (non-hydrogen) atoms. The molecule has 5 nitrogen and oxygen atoms in total. The van der Waals surface area contributed by atoms with Crippen molar-refractivity contribution in [3.63, 3.8) is 0 Å². The molecule has 98 valence electrons. The van der Waals surface area contributed by atoms with Gasteiger partial charge in [0.2, 0.25) is 0 Å². The molecular formula is C12H25N5. The Kier molecular flexibility index (Phi) is 5.55. The highest BCUT2D eigenvalue weighted by molar-refractivity contribution is 4.82. The first-order valence-electron chi connectivity index (χ1n) is 6.48. The minimum atomic E-state index is 0.257. The summed E-state index contributed by atoms with van der Waals surface area (Å²) < 4.78 is 1.92. The van der Waals surface area contributed by atoms with Gasteiger partial charge < -0.3 is 5.32 Å². The van der Waals surface area contributed by atoms with E-state index in [2.05, 4.69) is 41.6 Å². The summed E-state index contributed by atoms with van der Waals surface area (Å²) in [5.74, 6) is 0.913. The number of tetrazole rings is 1. The van der Waals surface area contributed by atoms with Crippen molar-refractivity contribution in [2.45, 2.75) is 59.5 Å². The van der Waals surface area contributed by atoms with Gasteiger partial charge in [-0.25, -0.2) is 4.68 Å². The fourth-order valence-electron chi connectivity index (χ4n) is 1.97. The van der Waals surface area contributed by atoms with Crippen LogP contribution in [0.3, 0.4) is 0 Å². The van der Waals surface area contributed by atoms with Crippen LogP contribution in [0.5, 0.6) is 0 Å². The van der Waals surface area contributed by atoms with Crippen LogP contribution in [0.25, 0.3) is 0 Å². The Labute approximate surface area is 104 Å². The summed E-state index contributed by atoms with van der Waals surface area (Å²) in [6.45, 7) is 8.42. The van der Waals surface area contributed by atoms with Gasteiger partial charge in [-0.2, -0.15) is 0 Å². The molecule has 0 unspecified atom stereocenters. The Morgan fingerprint density at radius 1 is 1.29 bits per heavy atom. The molecule has 0 saturated heterocycles. The van der Waals surface area contributed by atoms with E-state index in [0.29, 0.717) is 0 Å². The van der Waals surface area contributed by atoms with Crippen molar-refractivity contribution < 1.29 is 0 Å². The number of rotatable bonds is 8. The Hall–Kier alpha value is -0.970. The van der Waals surface area contributed by atoms with Crippen molar-refractivity contribution in [2.24, 2.45) is 5.41 Å². The zero-order valence-electron chi connectivity index (χ0n) is 11.5. The van der Waals surface area contributed by atoms with Crippen molar-refractivity contribution in [2.75, 3.05) is 7.05 Å². The van der Waals surface area contributed by atoms with Crippen molar-refractivity contribution in [3.05, 3.63) is 5.82 Å². The van der Waals surface area contributed by atoms with E-state index in [9.17, 15) is 0 Å². The van der Waals surface area contributed by atoms with Gasteiger partial charge in [0.05, 0.1) is 6.54 Å². The van der Waals surface area contributed by atoms with Gasteiger partial charge in [-0.1, -0.05) is 40.0 Å². The molecule has 5 heteroatoms. The van der Waals surface area contributed by atoms with Gasteiger partial charge in [-0.05, 0) is 29.3 Å². The summed E-state index contributed by atoms with van der Waals surface area (Å²) in [4.78, 5) is 0. The van der Waals surface area contributed by atoms with Crippen molar-refractivity contribution in [1.29, 1.82) is 0 Å². The highest BCUT2D eigenvalue weighted by Gasteiger charge is 2.20. The SMILES string of the molecule is CCCCCC(C)(C)Cn1nnnc1CNC. The number of nitrogens with one attached hydrogen (secondary N) is 1. The van der Waals surface area contributed by atoms with Crippen LogP contribution in [-0.2, 0) is 13.1 Å². The molecule has 0 fully saturated rings. The van der Waals surface area contributed by atoms with Crippen LogP contribution in [0.15, 0.2) is 0 Å². The molecule has 1 rings (SSSR count). The summed E-state index contributed by atoms with van der Waals surface area (Å²) in [6.07, 6.45) is 5.08. The lowest BCUT2D eigenvalue weighted by Gasteiger charge is -2.24. The lowest BCUT2D eigenvalue weighted by molar-refractivity contribution is 0.253. The maximum Gasteiger partial charge on any atom is 0.165 e. The average molecular weight is 239 g/mol. The number of unbranched alkanes of at least 4 members (excludes halogenated alkanes) is 2. The van der Waals surface area contributed by atoms with Crippen LogP contribution in [0.2, 0.25) is 0 Å². The second-order valence-electron chi connectivity index (χ2n) is 5.40. The van der Waals surface area contributed by atoms with E-state index in [1.807, 2.05) is 11.7 Å². The molecular weight excluding hydrogens is 214 g/mol. The quantitative estimate of drug-likeness (QED) is 0.705. The van der Waals surface area contributed by atoms with E-state index in [1.54, 1.807) is 0 Å². The molecule has 0 saturated carbocycles. The Balaban J connectivity index is 2.52. The van der Waals surface area contributed by atoms with E-state index in [-0.39, 0.29) is 5.41 Å². The van der Waals surface area contributed by atoms with Gasteiger partial charge in [0.15, 0.2) is 5.82 Å². The van der Waals surface area contributed by atoms with E-state index in [1.165, 1.54) is 25.7 Å². The molecule has 0 spiro atoms. The Morgan fingerprint density at radius 3 is 2.71 bits per heavy atom. The van der Waals surface area contributed by atoms with Crippen LogP contribution < -0.4 is 5.32 Å². The molecule has 1 aromatic rings. The summed E-state index contributed by atoms with van der Waals surface area (Å²) in [6, 6.07) is 0. The van der Waals surface area contributed by atoms with Gasteiger partial charge in [0.1, 0.15) is 0 Å². The van der Waals surface area contributed by atoms with Crippen molar-refractivity contribution in [1.82, 2.24) is 25.5 Å². The zero-order chi connectivity index (χ0) is 12.7. The Morgan fingerprint density at radius 2 is 2.06 bits per heavy atom. The third-order valence-corrected chi connectivity index (χ3v) is 2.98. The van der Waals surface area contributed by atoms with Crippen LogP contribution in [-0.4, -0.2) is 27.3 Å². The first-order valence-corrected chi connectivity index (χ1v) is 6.48. The van der Waals surface area contributed by atoms with E-state index in [4.69, 9.17) is 0 Å². The molecule has 0 aromatic carbocycles. The molecule has 0 atom stereocenters. The summed E-state index contributed by atoms with van der Waals surface area (Å²) in [7, 11) is 1.91. The minimum Gasteiger partial charge on any atom is -0.313 e. The number of aromatic nitrogens is 4. The van der Waals surface area contributed by atoms with Crippen LogP contribution in [0.4, 0.5) is 0 Å². The molecule has 0 amide bonds. The summed E-state index contributed by atoms with van der Waals surface area (Å²) in [5.41, 5.74) is 0.257. The summed E-state index contributed by atoms with van der Waals surface area (Å²) in [5, 5.41) is 14.9. The molecule has 0 aliphatic carbocycles. The molecule has 1 heterocycles.